The third kappa shape index (κ3) is 2.86. The second-order valence-electron chi connectivity index (χ2n) is 5.87. The number of para-hydroxylation sites is 1. The van der Waals surface area contributed by atoms with Crippen LogP contribution in [0.4, 0.5) is 5.69 Å². The van der Waals surface area contributed by atoms with Gasteiger partial charge in [-0.3, -0.25) is 4.79 Å². The van der Waals surface area contributed by atoms with Crippen molar-refractivity contribution in [3.63, 3.8) is 0 Å². The summed E-state index contributed by atoms with van der Waals surface area (Å²) in [6.07, 6.45) is 4.06. The number of amides is 1. The first kappa shape index (κ1) is 14.7. The summed E-state index contributed by atoms with van der Waals surface area (Å²) in [5.41, 5.74) is 3.09. The zero-order valence-electron chi connectivity index (χ0n) is 13.2. The third-order valence-electron chi connectivity index (χ3n) is 4.28. The van der Waals surface area contributed by atoms with E-state index in [1.807, 2.05) is 20.0 Å². The van der Waals surface area contributed by atoms with Crippen molar-refractivity contribution in [3.05, 3.63) is 53.5 Å². The van der Waals surface area contributed by atoms with Gasteiger partial charge in [0, 0.05) is 32.4 Å². The molecule has 1 saturated heterocycles. The highest BCUT2D eigenvalue weighted by Gasteiger charge is 2.19. The van der Waals surface area contributed by atoms with Crippen molar-refractivity contribution in [1.29, 1.82) is 0 Å². The zero-order valence-corrected chi connectivity index (χ0v) is 13.2. The number of hydrogen-bond acceptors (Lipinski definition) is 3. The molecule has 1 aliphatic heterocycles. The topological polar surface area (TPSA) is 36.7 Å². The quantitative estimate of drug-likeness (QED) is 0.867. The molecule has 2 heterocycles. The van der Waals surface area contributed by atoms with Crippen molar-refractivity contribution in [3.8, 4) is 0 Å². The molecule has 1 aromatic heterocycles. The van der Waals surface area contributed by atoms with Crippen molar-refractivity contribution in [1.82, 2.24) is 4.90 Å². The van der Waals surface area contributed by atoms with E-state index in [4.69, 9.17) is 4.42 Å². The van der Waals surface area contributed by atoms with Crippen LogP contribution in [0.5, 0.6) is 0 Å². The first-order valence-corrected chi connectivity index (χ1v) is 7.79. The zero-order chi connectivity index (χ0) is 15.5. The van der Waals surface area contributed by atoms with Crippen molar-refractivity contribution in [2.75, 3.05) is 25.0 Å². The van der Waals surface area contributed by atoms with E-state index in [2.05, 4.69) is 23.1 Å². The van der Waals surface area contributed by atoms with Gasteiger partial charge in [0.05, 0.1) is 11.8 Å². The predicted molar refractivity (Wildman–Crippen MR) is 87.1 cm³/mol. The average molecular weight is 298 g/mol. The number of hydrogen-bond donors (Lipinski definition) is 0. The smallest absolute Gasteiger partial charge is 0.257 e. The Hall–Kier alpha value is -2.23. The van der Waals surface area contributed by atoms with Gasteiger partial charge in [-0.2, -0.15) is 0 Å². The Morgan fingerprint density at radius 1 is 1.23 bits per heavy atom. The summed E-state index contributed by atoms with van der Waals surface area (Å²) in [4.78, 5) is 16.7. The number of carbonyl (C=O) groups excluding carboxylic acids is 1. The lowest BCUT2D eigenvalue weighted by molar-refractivity contribution is 0.0783. The highest BCUT2D eigenvalue weighted by Crippen LogP contribution is 2.26. The van der Waals surface area contributed by atoms with Crippen LogP contribution in [0, 0.1) is 6.92 Å². The molecule has 0 spiro atoms. The summed E-state index contributed by atoms with van der Waals surface area (Å²) < 4.78 is 5.24. The van der Waals surface area contributed by atoms with Gasteiger partial charge in [-0.05, 0) is 37.5 Å². The Labute approximate surface area is 131 Å². The summed E-state index contributed by atoms with van der Waals surface area (Å²) in [6.45, 7) is 4.64. The van der Waals surface area contributed by atoms with Crippen LogP contribution in [0.1, 0.15) is 34.5 Å². The number of aryl methyl sites for hydroxylation is 1. The minimum Gasteiger partial charge on any atom is -0.469 e. The summed E-state index contributed by atoms with van der Waals surface area (Å²) in [7, 11) is 1.84. The van der Waals surface area contributed by atoms with Gasteiger partial charge in [0.15, 0.2) is 0 Å². The van der Waals surface area contributed by atoms with Crippen LogP contribution in [0.25, 0.3) is 0 Å². The molecule has 1 aliphatic rings. The normalized spacial score (nSPS) is 14.4. The van der Waals surface area contributed by atoms with E-state index in [9.17, 15) is 4.79 Å². The van der Waals surface area contributed by atoms with Gasteiger partial charge in [0.1, 0.15) is 5.76 Å². The molecule has 0 unspecified atom stereocenters. The van der Waals surface area contributed by atoms with Crippen LogP contribution in [0.2, 0.25) is 0 Å². The fourth-order valence-electron chi connectivity index (χ4n) is 3.05. The molecule has 22 heavy (non-hydrogen) atoms. The van der Waals surface area contributed by atoms with Crippen molar-refractivity contribution in [2.45, 2.75) is 26.3 Å². The third-order valence-corrected chi connectivity index (χ3v) is 4.28. The first-order chi connectivity index (χ1) is 10.7. The number of nitrogens with zero attached hydrogens (tertiary/aromatic N) is 2. The summed E-state index contributed by atoms with van der Waals surface area (Å²) in [5.74, 6) is 0.673. The van der Waals surface area contributed by atoms with Crippen LogP contribution in [-0.2, 0) is 6.54 Å². The van der Waals surface area contributed by atoms with Gasteiger partial charge in [0.25, 0.3) is 5.91 Å². The molecule has 4 nitrogen and oxygen atoms in total. The molecule has 4 heteroatoms. The Morgan fingerprint density at radius 3 is 2.64 bits per heavy atom. The summed E-state index contributed by atoms with van der Waals surface area (Å²) in [6, 6.07) is 10.1. The molecule has 0 saturated carbocycles. The highest BCUT2D eigenvalue weighted by atomic mass is 16.3. The summed E-state index contributed by atoms with van der Waals surface area (Å²) in [5, 5.41) is 0. The molecule has 1 aromatic carbocycles. The number of anilines is 1. The number of benzene rings is 1. The molecule has 0 bridgehead atoms. The van der Waals surface area contributed by atoms with E-state index in [1.165, 1.54) is 24.1 Å². The number of furan rings is 1. The van der Waals surface area contributed by atoms with Crippen molar-refractivity contribution in [2.24, 2.45) is 0 Å². The van der Waals surface area contributed by atoms with E-state index in [0.29, 0.717) is 17.9 Å². The maximum atomic E-state index is 12.5. The maximum Gasteiger partial charge on any atom is 0.257 e. The van der Waals surface area contributed by atoms with E-state index >= 15 is 0 Å². The summed E-state index contributed by atoms with van der Waals surface area (Å²) >= 11 is 0. The van der Waals surface area contributed by atoms with E-state index in [0.717, 1.165) is 13.1 Å². The molecule has 3 rings (SSSR count). The van der Waals surface area contributed by atoms with Crippen molar-refractivity contribution >= 4 is 11.6 Å². The molecule has 0 N–H and O–H groups in total. The highest BCUT2D eigenvalue weighted by molar-refractivity contribution is 5.94. The SMILES string of the molecule is Cc1occc1C(=O)N(C)Cc1ccccc1N1CCCC1. The Balaban J connectivity index is 1.78. The lowest BCUT2D eigenvalue weighted by Gasteiger charge is -2.24. The second kappa shape index (κ2) is 6.26. The Kier molecular flexibility index (Phi) is 4.18. The van der Waals surface area contributed by atoms with Crippen LogP contribution in [-0.4, -0.2) is 30.9 Å². The molecular formula is C18H22N2O2. The molecule has 1 amide bonds. The molecule has 0 aliphatic carbocycles. The average Bonchev–Trinajstić information content (AvgIpc) is 3.18. The standard InChI is InChI=1S/C18H22N2O2/c1-14-16(9-12-22-14)18(21)19(2)13-15-7-3-4-8-17(15)20-10-5-6-11-20/h3-4,7-9,12H,5-6,10-11,13H2,1-2H3. The van der Waals surface area contributed by atoms with Gasteiger partial charge in [0.2, 0.25) is 0 Å². The first-order valence-electron chi connectivity index (χ1n) is 7.79. The van der Waals surface area contributed by atoms with Crippen molar-refractivity contribution < 1.29 is 9.21 Å². The van der Waals surface area contributed by atoms with Gasteiger partial charge in [-0.15, -0.1) is 0 Å². The van der Waals surface area contributed by atoms with Gasteiger partial charge >= 0.3 is 0 Å². The molecule has 2 aromatic rings. The lowest BCUT2D eigenvalue weighted by Crippen LogP contribution is -2.28. The fraction of sp³-hybridized carbons (Fsp3) is 0.389. The lowest BCUT2D eigenvalue weighted by atomic mass is 10.1. The van der Waals surface area contributed by atoms with Gasteiger partial charge in [-0.1, -0.05) is 18.2 Å². The fourth-order valence-corrected chi connectivity index (χ4v) is 3.05. The van der Waals surface area contributed by atoms with E-state index in [-0.39, 0.29) is 5.91 Å². The van der Waals surface area contributed by atoms with Crippen LogP contribution in [0.15, 0.2) is 41.0 Å². The molecule has 116 valence electrons. The molecule has 0 radical (unpaired) electrons. The van der Waals surface area contributed by atoms with E-state index < -0.39 is 0 Å². The molecule has 0 atom stereocenters. The minimum atomic E-state index is 0.00229. The Bertz CT molecular complexity index is 657. The minimum absolute atomic E-state index is 0.00229. The predicted octanol–water partition coefficient (Wildman–Crippen LogP) is 3.46. The number of carbonyl (C=O) groups is 1. The molecular weight excluding hydrogens is 276 g/mol. The van der Waals surface area contributed by atoms with Crippen LogP contribution >= 0.6 is 0 Å². The maximum absolute atomic E-state index is 12.5. The van der Waals surface area contributed by atoms with Gasteiger partial charge < -0.3 is 14.2 Å². The van der Waals surface area contributed by atoms with E-state index in [1.54, 1.807) is 17.2 Å². The Morgan fingerprint density at radius 2 is 1.95 bits per heavy atom. The van der Waals surface area contributed by atoms with Crippen LogP contribution < -0.4 is 4.90 Å². The number of rotatable bonds is 4. The van der Waals surface area contributed by atoms with Gasteiger partial charge in [-0.25, -0.2) is 0 Å². The molecule has 1 fully saturated rings. The second-order valence-corrected chi connectivity index (χ2v) is 5.87. The largest absolute Gasteiger partial charge is 0.469 e. The van der Waals surface area contributed by atoms with Crippen LogP contribution in [0.3, 0.4) is 0 Å². The monoisotopic (exact) mass is 298 g/mol.